The number of amides is 1. The van der Waals surface area contributed by atoms with Crippen molar-refractivity contribution in [3.8, 4) is 0 Å². The van der Waals surface area contributed by atoms with E-state index in [9.17, 15) is 14.7 Å². The van der Waals surface area contributed by atoms with Gasteiger partial charge in [-0.2, -0.15) is 0 Å². The number of aromatic amines is 1. The Morgan fingerprint density at radius 2 is 1.70 bits per heavy atom. The summed E-state index contributed by atoms with van der Waals surface area (Å²) in [6.07, 6.45) is 0.877. The van der Waals surface area contributed by atoms with E-state index in [-0.39, 0.29) is 29.1 Å². The van der Waals surface area contributed by atoms with E-state index in [2.05, 4.69) is 43.2 Å². The summed E-state index contributed by atoms with van der Waals surface area (Å²) in [5.41, 5.74) is 3.20. The Balaban J connectivity index is 1.69. The molecule has 0 fully saturated rings. The summed E-state index contributed by atoms with van der Waals surface area (Å²) < 4.78 is 0. The third-order valence-electron chi connectivity index (χ3n) is 4.65. The van der Waals surface area contributed by atoms with E-state index in [1.807, 2.05) is 18.2 Å². The molecule has 3 rings (SSSR count). The topological polar surface area (TPSA) is 82.2 Å². The van der Waals surface area contributed by atoms with Gasteiger partial charge >= 0.3 is 5.97 Å². The van der Waals surface area contributed by atoms with Crippen LogP contribution in [0, 0.1) is 0 Å². The standard InChI is InChI=1S/C22H24N2O3/c1-22(2,3)15-11-8-14(9-12-15)10-13-18(25)24-20-19(21(26)27)16-6-4-5-7-17(16)23-20/h4-9,11-12,23H,10,13H2,1-3H3,(H,24,25)(H,26,27). The average Bonchev–Trinajstić information content (AvgIpc) is 2.97. The van der Waals surface area contributed by atoms with Gasteiger partial charge in [-0.15, -0.1) is 0 Å². The Kier molecular flexibility index (Phi) is 5.04. The number of para-hydroxylation sites is 1. The lowest BCUT2D eigenvalue weighted by Crippen LogP contribution is -2.15. The van der Waals surface area contributed by atoms with Crippen molar-refractivity contribution in [3.63, 3.8) is 0 Å². The van der Waals surface area contributed by atoms with E-state index in [1.54, 1.807) is 18.2 Å². The van der Waals surface area contributed by atoms with Crippen molar-refractivity contribution >= 4 is 28.6 Å². The molecule has 140 valence electrons. The minimum absolute atomic E-state index is 0.0912. The van der Waals surface area contributed by atoms with Crippen molar-refractivity contribution in [3.05, 3.63) is 65.2 Å². The second kappa shape index (κ2) is 7.27. The summed E-state index contributed by atoms with van der Waals surface area (Å²) in [5.74, 6) is -1.05. The molecule has 1 aromatic heterocycles. The fourth-order valence-corrected chi connectivity index (χ4v) is 3.09. The fourth-order valence-electron chi connectivity index (χ4n) is 3.09. The van der Waals surface area contributed by atoms with Gasteiger partial charge in [-0.05, 0) is 29.0 Å². The van der Waals surface area contributed by atoms with Gasteiger partial charge in [0.2, 0.25) is 5.91 Å². The van der Waals surface area contributed by atoms with Crippen LogP contribution in [0.2, 0.25) is 0 Å². The van der Waals surface area contributed by atoms with Crippen LogP contribution in [0.1, 0.15) is 48.7 Å². The highest BCUT2D eigenvalue weighted by atomic mass is 16.4. The number of benzene rings is 2. The lowest BCUT2D eigenvalue weighted by Gasteiger charge is -2.19. The van der Waals surface area contributed by atoms with Gasteiger partial charge in [0.15, 0.2) is 0 Å². The van der Waals surface area contributed by atoms with Gasteiger partial charge in [0.05, 0.1) is 0 Å². The molecule has 27 heavy (non-hydrogen) atoms. The van der Waals surface area contributed by atoms with E-state index < -0.39 is 5.97 Å². The number of nitrogens with one attached hydrogen (secondary N) is 2. The van der Waals surface area contributed by atoms with Crippen molar-refractivity contribution in [2.45, 2.75) is 39.0 Å². The van der Waals surface area contributed by atoms with Crippen LogP contribution in [0.15, 0.2) is 48.5 Å². The molecule has 5 nitrogen and oxygen atoms in total. The van der Waals surface area contributed by atoms with Crippen LogP contribution in [0.5, 0.6) is 0 Å². The molecule has 0 atom stereocenters. The molecule has 3 N–H and O–H groups in total. The predicted molar refractivity (Wildman–Crippen MR) is 107 cm³/mol. The zero-order chi connectivity index (χ0) is 19.6. The van der Waals surface area contributed by atoms with Gasteiger partial charge < -0.3 is 15.4 Å². The Bertz CT molecular complexity index is 979. The molecule has 0 aliphatic carbocycles. The Morgan fingerprint density at radius 3 is 2.33 bits per heavy atom. The third kappa shape index (κ3) is 4.19. The zero-order valence-electron chi connectivity index (χ0n) is 15.8. The number of carboxylic acid groups (broad SMARTS) is 1. The molecule has 0 bridgehead atoms. The van der Waals surface area contributed by atoms with Crippen LogP contribution in [-0.4, -0.2) is 22.0 Å². The quantitative estimate of drug-likeness (QED) is 0.612. The molecule has 0 saturated heterocycles. The van der Waals surface area contributed by atoms with Crippen LogP contribution in [0.4, 0.5) is 5.82 Å². The highest BCUT2D eigenvalue weighted by Crippen LogP contribution is 2.26. The van der Waals surface area contributed by atoms with Crippen LogP contribution in [-0.2, 0) is 16.6 Å². The molecule has 1 heterocycles. The van der Waals surface area contributed by atoms with E-state index in [0.717, 1.165) is 5.56 Å². The molecule has 0 aliphatic heterocycles. The number of hydrogen-bond acceptors (Lipinski definition) is 2. The number of H-pyrrole nitrogens is 1. The number of carbonyl (C=O) groups excluding carboxylic acids is 1. The summed E-state index contributed by atoms with van der Waals surface area (Å²) in [7, 11) is 0. The maximum Gasteiger partial charge on any atom is 0.340 e. The maximum atomic E-state index is 12.3. The highest BCUT2D eigenvalue weighted by molar-refractivity contribution is 6.11. The van der Waals surface area contributed by atoms with Crippen LogP contribution < -0.4 is 5.32 Å². The van der Waals surface area contributed by atoms with Gasteiger partial charge in [0, 0.05) is 17.3 Å². The summed E-state index contributed by atoms with van der Waals surface area (Å²) in [6.45, 7) is 6.49. The van der Waals surface area contributed by atoms with Gasteiger partial charge in [0.25, 0.3) is 0 Å². The molecule has 0 saturated carbocycles. The molecule has 2 aromatic carbocycles. The number of fused-ring (bicyclic) bond motifs is 1. The summed E-state index contributed by atoms with van der Waals surface area (Å²) in [4.78, 5) is 26.9. The number of rotatable bonds is 5. The second-order valence-corrected chi connectivity index (χ2v) is 7.72. The molecular formula is C22H24N2O3. The Morgan fingerprint density at radius 1 is 1.04 bits per heavy atom. The third-order valence-corrected chi connectivity index (χ3v) is 4.65. The summed E-state index contributed by atoms with van der Waals surface area (Å²) in [6, 6.07) is 15.4. The molecule has 0 spiro atoms. The number of aromatic nitrogens is 1. The molecule has 0 unspecified atom stereocenters. The lowest BCUT2D eigenvalue weighted by atomic mass is 9.86. The average molecular weight is 364 g/mol. The van der Waals surface area contributed by atoms with Crippen LogP contribution in [0.25, 0.3) is 10.9 Å². The maximum absolute atomic E-state index is 12.3. The van der Waals surface area contributed by atoms with Gasteiger partial charge in [-0.3, -0.25) is 4.79 Å². The van der Waals surface area contributed by atoms with Gasteiger partial charge in [-0.1, -0.05) is 63.2 Å². The van der Waals surface area contributed by atoms with Gasteiger partial charge in [-0.25, -0.2) is 4.79 Å². The van der Waals surface area contributed by atoms with E-state index >= 15 is 0 Å². The molecule has 0 aliphatic rings. The lowest BCUT2D eigenvalue weighted by molar-refractivity contribution is -0.116. The first-order valence-corrected chi connectivity index (χ1v) is 8.99. The minimum atomic E-state index is -1.07. The smallest absolute Gasteiger partial charge is 0.340 e. The minimum Gasteiger partial charge on any atom is -0.478 e. The SMILES string of the molecule is CC(C)(C)c1ccc(CCC(=O)Nc2[nH]c3ccccc3c2C(=O)O)cc1. The first-order chi connectivity index (χ1) is 12.8. The van der Waals surface area contributed by atoms with Crippen molar-refractivity contribution in [2.75, 3.05) is 5.32 Å². The molecule has 3 aromatic rings. The van der Waals surface area contributed by atoms with E-state index in [1.165, 1.54) is 5.56 Å². The first kappa shape index (κ1) is 18.7. The highest BCUT2D eigenvalue weighted by Gasteiger charge is 2.19. The monoisotopic (exact) mass is 364 g/mol. The van der Waals surface area contributed by atoms with Gasteiger partial charge in [0.1, 0.15) is 11.4 Å². The summed E-state index contributed by atoms with van der Waals surface area (Å²) in [5, 5.41) is 12.8. The molecule has 0 radical (unpaired) electrons. The van der Waals surface area contributed by atoms with Crippen molar-refractivity contribution in [1.82, 2.24) is 4.98 Å². The van der Waals surface area contributed by atoms with Crippen molar-refractivity contribution in [2.24, 2.45) is 0 Å². The van der Waals surface area contributed by atoms with Crippen molar-refractivity contribution in [1.29, 1.82) is 0 Å². The van der Waals surface area contributed by atoms with Crippen molar-refractivity contribution < 1.29 is 14.7 Å². The molecule has 5 heteroatoms. The largest absolute Gasteiger partial charge is 0.478 e. The number of carboxylic acids is 1. The number of carbonyl (C=O) groups is 2. The zero-order valence-corrected chi connectivity index (χ0v) is 15.8. The molecular weight excluding hydrogens is 340 g/mol. The number of aryl methyl sites for hydroxylation is 1. The number of hydrogen-bond donors (Lipinski definition) is 3. The normalized spacial score (nSPS) is 11.5. The van der Waals surface area contributed by atoms with E-state index in [0.29, 0.717) is 17.3 Å². The first-order valence-electron chi connectivity index (χ1n) is 8.99. The van der Waals surface area contributed by atoms with E-state index in [4.69, 9.17) is 0 Å². The summed E-state index contributed by atoms with van der Waals surface area (Å²) >= 11 is 0. The predicted octanol–water partition coefficient (Wildman–Crippen LogP) is 4.73. The molecule has 1 amide bonds. The fraction of sp³-hybridized carbons (Fsp3) is 0.273. The number of anilines is 1. The van der Waals surface area contributed by atoms with Crippen LogP contribution >= 0.6 is 0 Å². The Hall–Kier alpha value is -3.08. The number of aromatic carboxylic acids is 1. The Labute approximate surface area is 158 Å². The second-order valence-electron chi connectivity index (χ2n) is 7.72. The van der Waals surface area contributed by atoms with Crippen LogP contribution in [0.3, 0.4) is 0 Å².